The van der Waals surface area contributed by atoms with Gasteiger partial charge in [0.15, 0.2) is 0 Å². The van der Waals surface area contributed by atoms with E-state index in [1.54, 1.807) is 31.4 Å². The lowest BCUT2D eigenvalue weighted by atomic mass is 9.84. The lowest BCUT2D eigenvalue weighted by Gasteiger charge is -2.22. The van der Waals surface area contributed by atoms with Gasteiger partial charge in [-0.2, -0.15) is 0 Å². The van der Waals surface area contributed by atoms with Crippen LogP contribution in [0.25, 0.3) is 0 Å². The average Bonchev–Trinajstić information content (AvgIpc) is 2.63. The molecule has 1 aliphatic rings. The van der Waals surface area contributed by atoms with Crippen LogP contribution in [0.4, 0.5) is 0 Å². The van der Waals surface area contributed by atoms with Crippen molar-refractivity contribution < 1.29 is 14.3 Å². The van der Waals surface area contributed by atoms with Crippen molar-refractivity contribution in [3.63, 3.8) is 0 Å². The van der Waals surface area contributed by atoms with Crippen LogP contribution in [0.5, 0.6) is 11.5 Å². The summed E-state index contributed by atoms with van der Waals surface area (Å²) in [5.74, 6) is 1.62. The van der Waals surface area contributed by atoms with Crippen molar-refractivity contribution >= 4 is 5.97 Å². The predicted octanol–water partition coefficient (Wildman–Crippen LogP) is 4.96. The van der Waals surface area contributed by atoms with E-state index in [1.807, 2.05) is 12.1 Å². The zero-order valence-corrected chi connectivity index (χ0v) is 13.5. The van der Waals surface area contributed by atoms with E-state index in [-0.39, 0.29) is 5.97 Å². The second-order valence-electron chi connectivity index (χ2n) is 6.02. The van der Waals surface area contributed by atoms with E-state index in [9.17, 15) is 4.79 Å². The van der Waals surface area contributed by atoms with Gasteiger partial charge in [-0.25, -0.2) is 4.79 Å². The first-order valence-corrected chi connectivity index (χ1v) is 8.22. The largest absolute Gasteiger partial charge is 0.497 e. The molecule has 0 saturated heterocycles. The molecule has 0 N–H and O–H groups in total. The number of esters is 1. The van der Waals surface area contributed by atoms with Crippen molar-refractivity contribution in [2.24, 2.45) is 0 Å². The number of hydrogen-bond acceptors (Lipinski definition) is 3. The fourth-order valence-electron chi connectivity index (χ4n) is 3.14. The van der Waals surface area contributed by atoms with E-state index >= 15 is 0 Å². The second kappa shape index (κ2) is 7.32. The molecule has 0 bridgehead atoms. The average molecular weight is 310 g/mol. The summed E-state index contributed by atoms with van der Waals surface area (Å²) in [6.07, 6.45) is 6.53. The van der Waals surface area contributed by atoms with E-state index in [4.69, 9.17) is 9.47 Å². The van der Waals surface area contributed by atoms with E-state index in [2.05, 4.69) is 12.1 Å². The molecule has 0 aromatic heterocycles. The Labute approximate surface area is 137 Å². The van der Waals surface area contributed by atoms with Crippen LogP contribution in [0.1, 0.15) is 53.9 Å². The van der Waals surface area contributed by atoms with Gasteiger partial charge < -0.3 is 9.47 Å². The molecule has 0 heterocycles. The summed E-state index contributed by atoms with van der Waals surface area (Å²) >= 11 is 0. The van der Waals surface area contributed by atoms with E-state index in [0.717, 1.165) is 5.75 Å². The summed E-state index contributed by atoms with van der Waals surface area (Å²) in [6, 6.07) is 14.9. The fourth-order valence-corrected chi connectivity index (χ4v) is 3.14. The molecule has 3 rings (SSSR count). The Morgan fingerprint density at radius 3 is 2.09 bits per heavy atom. The molecule has 0 amide bonds. The highest BCUT2D eigenvalue weighted by atomic mass is 16.5. The summed E-state index contributed by atoms with van der Waals surface area (Å²) in [7, 11) is 1.60. The Bertz CT molecular complexity index is 638. The number of carbonyl (C=O) groups is 1. The highest BCUT2D eigenvalue weighted by Crippen LogP contribution is 2.33. The molecule has 1 saturated carbocycles. The summed E-state index contributed by atoms with van der Waals surface area (Å²) in [5.41, 5.74) is 1.87. The lowest BCUT2D eigenvalue weighted by molar-refractivity contribution is 0.0734. The molecule has 2 aromatic carbocycles. The zero-order chi connectivity index (χ0) is 16.1. The van der Waals surface area contributed by atoms with Crippen LogP contribution in [0, 0.1) is 0 Å². The molecule has 3 heteroatoms. The maximum Gasteiger partial charge on any atom is 0.343 e. The van der Waals surface area contributed by atoms with E-state index in [1.165, 1.54) is 37.7 Å². The van der Waals surface area contributed by atoms with Crippen LogP contribution in [-0.2, 0) is 0 Å². The third kappa shape index (κ3) is 3.92. The van der Waals surface area contributed by atoms with Crippen molar-refractivity contribution in [3.05, 3.63) is 59.7 Å². The van der Waals surface area contributed by atoms with Crippen molar-refractivity contribution in [2.75, 3.05) is 7.11 Å². The Balaban J connectivity index is 1.63. The zero-order valence-electron chi connectivity index (χ0n) is 13.5. The van der Waals surface area contributed by atoms with Crippen molar-refractivity contribution in [2.45, 2.75) is 38.0 Å². The molecule has 0 unspecified atom stereocenters. The summed E-state index contributed by atoms with van der Waals surface area (Å²) < 4.78 is 10.5. The number of rotatable bonds is 4. The standard InChI is InChI=1S/C20H22O3/c1-22-18-11-9-17(10-12-18)20(21)23-19-13-7-16(8-14-19)15-5-3-2-4-6-15/h7-15H,2-6H2,1H3. The first kappa shape index (κ1) is 15.6. The second-order valence-corrected chi connectivity index (χ2v) is 6.02. The van der Waals surface area contributed by atoms with Crippen LogP contribution in [0.3, 0.4) is 0 Å². The predicted molar refractivity (Wildman–Crippen MR) is 90.2 cm³/mol. The van der Waals surface area contributed by atoms with E-state index in [0.29, 0.717) is 17.2 Å². The van der Waals surface area contributed by atoms with Gasteiger partial charge in [-0.15, -0.1) is 0 Å². The van der Waals surface area contributed by atoms with Crippen molar-refractivity contribution in [3.8, 4) is 11.5 Å². The number of carbonyl (C=O) groups excluding carboxylic acids is 1. The van der Waals surface area contributed by atoms with Gasteiger partial charge in [-0.3, -0.25) is 0 Å². The Hall–Kier alpha value is -2.29. The van der Waals surface area contributed by atoms with Crippen LogP contribution in [0.2, 0.25) is 0 Å². The molecule has 23 heavy (non-hydrogen) atoms. The molecule has 0 radical (unpaired) electrons. The van der Waals surface area contributed by atoms with Gasteiger partial charge in [0.2, 0.25) is 0 Å². The quantitative estimate of drug-likeness (QED) is 0.591. The third-order valence-corrected chi connectivity index (χ3v) is 4.49. The van der Waals surface area contributed by atoms with Gasteiger partial charge in [0.05, 0.1) is 12.7 Å². The van der Waals surface area contributed by atoms with Crippen molar-refractivity contribution in [1.82, 2.24) is 0 Å². The molecule has 1 fully saturated rings. The molecule has 120 valence electrons. The van der Waals surface area contributed by atoms with Crippen molar-refractivity contribution in [1.29, 1.82) is 0 Å². The highest BCUT2D eigenvalue weighted by Gasteiger charge is 2.15. The maximum absolute atomic E-state index is 12.1. The topological polar surface area (TPSA) is 35.5 Å². The molecular weight excluding hydrogens is 288 g/mol. The Kier molecular flexibility index (Phi) is 4.96. The van der Waals surface area contributed by atoms with Crippen LogP contribution in [-0.4, -0.2) is 13.1 Å². The van der Waals surface area contributed by atoms with Gasteiger partial charge in [0.25, 0.3) is 0 Å². The molecule has 0 spiro atoms. The first-order valence-electron chi connectivity index (χ1n) is 8.22. The molecule has 0 atom stereocenters. The number of methoxy groups -OCH3 is 1. The maximum atomic E-state index is 12.1. The first-order chi connectivity index (χ1) is 11.3. The summed E-state index contributed by atoms with van der Waals surface area (Å²) in [6.45, 7) is 0. The van der Waals surface area contributed by atoms with Gasteiger partial charge in [0, 0.05) is 0 Å². The summed E-state index contributed by atoms with van der Waals surface area (Å²) in [5, 5.41) is 0. The Morgan fingerprint density at radius 1 is 0.870 bits per heavy atom. The minimum atomic E-state index is -0.349. The molecule has 2 aromatic rings. The molecule has 3 nitrogen and oxygen atoms in total. The van der Waals surface area contributed by atoms with Crippen LogP contribution < -0.4 is 9.47 Å². The number of hydrogen-bond donors (Lipinski definition) is 0. The molecular formula is C20H22O3. The third-order valence-electron chi connectivity index (χ3n) is 4.49. The smallest absolute Gasteiger partial charge is 0.343 e. The number of ether oxygens (including phenoxy) is 2. The lowest BCUT2D eigenvalue weighted by Crippen LogP contribution is -2.09. The summed E-state index contributed by atoms with van der Waals surface area (Å²) in [4.78, 5) is 12.1. The molecule has 1 aliphatic carbocycles. The minimum absolute atomic E-state index is 0.349. The molecule has 0 aliphatic heterocycles. The van der Waals surface area contributed by atoms with Crippen LogP contribution >= 0.6 is 0 Å². The fraction of sp³-hybridized carbons (Fsp3) is 0.350. The minimum Gasteiger partial charge on any atom is -0.497 e. The van der Waals surface area contributed by atoms with E-state index < -0.39 is 0 Å². The SMILES string of the molecule is COc1ccc(C(=O)Oc2ccc(C3CCCCC3)cc2)cc1. The number of benzene rings is 2. The van der Waals surface area contributed by atoms with Crippen LogP contribution in [0.15, 0.2) is 48.5 Å². The van der Waals surface area contributed by atoms with Gasteiger partial charge in [-0.1, -0.05) is 31.4 Å². The van der Waals surface area contributed by atoms with Gasteiger partial charge >= 0.3 is 5.97 Å². The van der Waals surface area contributed by atoms with Gasteiger partial charge in [-0.05, 0) is 60.7 Å². The van der Waals surface area contributed by atoms with Gasteiger partial charge in [0.1, 0.15) is 11.5 Å². The monoisotopic (exact) mass is 310 g/mol. The normalized spacial score (nSPS) is 15.2. The highest BCUT2D eigenvalue weighted by molar-refractivity contribution is 5.91. The Morgan fingerprint density at radius 2 is 1.48 bits per heavy atom.